The van der Waals surface area contributed by atoms with E-state index in [1.54, 1.807) is 12.1 Å². The standard InChI is InChI=1S/C16H18FN3O2/c1-3-11(4-2)15(21)20-12-9-18-16(19-10-12)22-14-8-6-5-7-13(14)17/h5-11H,3-4H2,1-2H3,(H,20,21). The van der Waals surface area contributed by atoms with Crippen LogP contribution in [0.1, 0.15) is 26.7 Å². The van der Waals surface area contributed by atoms with E-state index in [9.17, 15) is 9.18 Å². The molecule has 116 valence electrons. The highest BCUT2D eigenvalue weighted by molar-refractivity contribution is 5.92. The van der Waals surface area contributed by atoms with Gasteiger partial charge in [-0.05, 0) is 25.0 Å². The van der Waals surface area contributed by atoms with E-state index in [-0.39, 0.29) is 23.6 Å². The molecule has 0 radical (unpaired) electrons. The summed E-state index contributed by atoms with van der Waals surface area (Å²) in [5.74, 6) is -0.528. The van der Waals surface area contributed by atoms with Crippen LogP contribution in [0.5, 0.6) is 11.8 Å². The fraction of sp³-hybridized carbons (Fsp3) is 0.312. The molecular weight excluding hydrogens is 285 g/mol. The topological polar surface area (TPSA) is 64.1 Å². The first-order chi connectivity index (χ1) is 10.6. The summed E-state index contributed by atoms with van der Waals surface area (Å²) < 4.78 is 18.7. The predicted molar refractivity (Wildman–Crippen MR) is 81.2 cm³/mol. The van der Waals surface area contributed by atoms with Crippen LogP contribution in [0, 0.1) is 11.7 Å². The van der Waals surface area contributed by atoms with Crippen molar-refractivity contribution < 1.29 is 13.9 Å². The molecule has 2 rings (SSSR count). The van der Waals surface area contributed by atoms with E-state index in [1.165, 1.54) is 24.5 Å². The number of halogens is 1. The summed E-state index contributed by atoms with van der Waals surface area (Å²) in [6.45, 7) is 3.94. The van der Waals surface area contributed by atoms with Crippen LogP contribution >= 0.6 is 0 Å². The second-order valence-corrected chi connectivity index (χ2v) is 4.79. The summed E-state index contributed by atoms with van der Waals surface area (Å²) in [7, 11) is 0. The molecule has 5 nitrogen and oxygen atoms in total. The van der Waals surface area contributed by atoms with Gasteiger partial charge >= 0.3 is 6.01 Å². The first kappa shape index (κ1) is 15.9. The molecule has 0 saturated carbocycles. The highest BCUT2D eigenvalue weighted by Crippen LogP contribution is 2.21. The van der Waals surface area contributed by atoms with Gasteiger partial charge in [-0.15, -0.1) is 0 Å². The third-order valence-corrected chi connectivity index (χ3v) is 3.29. The minimum Gasteiger partial charge on any atom is -0.421 e. The Labute approximate surface area is 128 Å². The van der Waals surface area contributed by atoms with Crippen molar-refractivity contribution in [3.05, 3.63) is 42.5 Å². The molecule has 0 aliphatic rings. The van der Waals surface area contributed by atoms with Crippen LogP contribution in [0.3, 0.4) is 0 Å². The Hall–Kier alpha value is -2.50. The lowest BCUT2D eigenvalue weighted by Gasteiger charge is -2.12. The molecule has 0 aliphatic heterocycles. The molecule has 1 N–H and O–H groups in total. The van der Waals surface area contributed by atoms with Crippen LogP contribution in [0.25, 0.3) is 0 Å². The van der Waals surface area contributed by atoms with Crippen molar-refractivity contribution in [2.45, 2.75) is 26.7 Å². The number of ether oxygens (including phenoxy) is 1. The Morgan fingerprint density at radius 1 is 1.23 bits per heavy atom. The number of carbonyl (C=O) groups excluding carboxylic acids is 1. The molecule has 1 amide bonds. The largest absolute Gasteiger partial charge is 0.421 e. The van der Waals surface area contributed by atoms with E-state index < -0.39 is 5.82 Å². The van der Waals surface area contributed by atoms with Gasteiger partial charge in [-0.2, -0.15) is 0 Å². The summed E-state index contributed by atoms with van der Waals surface area (Å²) in [4.78, 5) is 19.9. The summed E-state index contributed by atoms with van der Waals surface area (Å²) in [5, 5.41) is 2.75. The summed E-state index contributed by atoms with van der Waals surface area (Å²) in [6.07, 6.45) is 4.42. The molecular formula is C16H18FN3O2. The third-order valence-electron chi connectivity index (χ3n) is 3.29. The van der Waals surface area contributed by atoms with Crippen molar-refractivity contribution in [1.82, 2.24) is 9.97 Å². The first-order valence-electron chi connectivity index (χ1n) is 7.19. The van der Waals surface area contributed by atoms with Crippen LogP contribution in [-0.4, -0.2) is 15.9 Å². The van der Waals surface area contributed by atoms with Crippen LogP contribution in [0.4, 0.5) is 10.1 Å². The number of aromatic nitrogens is 2. The molecule has 0 aliphatic carbocycles. The lowest BCUT2D eigenvalue weighted by atomic mass is 10.0. The van der Waals surface area contributed by atoms with Gasteiger partial charge in [0.15, 0.2) is 11.6 Å². The Morgan fingerprint density at radius 3 is 2.45 bits per heavy atom. The van der Waals surface area contributed by atoms with Crippen LogP contribution in [0.15, 0.2) is 36.7 Å². The summed E-state index contributed by atoms with van der Waals surface area (Å²) in [6, 6.07) is 6.02. The van der Waals surface area contributed by atoms with Crippen LogP contribution in [-0.2, 0) is 4.79 Å². The first-order valence-corrected chi connectivity index (χ1v) is 7.19. The zero-order valence-corrected chi connectivity index (χ0v) is 12.5. The van der Waals surface area contributed by atoms with E-state index in [2.05, 4.69) is 15.3 Å². The maximum absolute atomic E-state index is 13.5. The Kier molecular flexibility index (Phi) is 5.41. The number of hydrogen-bond donors (Lipinski definition) is 1. The molecule has 0 spiro atoms. The minimum atomic E-state index is -0.489. The summed E-state index contributed by atoms with van der Waals surface area (Å²) in [5.41, 5.74) is 0.484. The van der Waals surface area contributed by atoms with Gasteiger partial charge in [0.1, 0.15) is 0 Å². The number of nitrogens with zero attached hydrogens (tertiary/aromatic N) is 2. The molecule has 0 atom stereocenters. The van der Waals surface area contributed by atoms with E-state index in [0.717, 1.165) is 12.8 Å². The normalized spacial score (nSPS) is 10.5. The fourth-order valence-electron chi connectivity index (χ4n) is 1.96. The molecule has 22 heavy (non-hydrogen) atoms. The summed E-state index contributed by atoms with van der Waals surface area (Å²) >= 11 is 0. The van der Waals surface area contributed by atoms with Crippen molar-refractivity contribution in [2.75, 3.05) is 5.32 Å². The molecule has 6 heteroatoms. The van der Waals surface area contributed by atoms with E-state index in [1.807, 2.05) is 13.8 Å². The third kappa shape index (κ3) is 4.00. The van der Waals surface area contributed by atoms with Gasteiger partial charge in [0.05, 0.1) is 18.1 Å². The number of amides is 1. The highest BCUT2D eigenvalue weighted by Gasteiger charge is 2.14. The molecule has 0 bridgehead atoms. The maximum atomic E-state index is 13.5. The smallest absolute Gasteiger partial charge is 0.322 e. The van der Waals surface area contributed by atoms with Crippen molar-refractivity contribution >= 4 is 11.6 Å². The quantitative estimate of drug-likeness (QED) is 0.882. The van der Waals surface area contributed by atoms with Crippen molar-refractivity contribution in [3.63, 3.8) is 0 Å². The number of carbonyl (C=O) groups is 1. The molecule has 1 aromatic carbocycles. The lowest BCUT2D eigenvalue weighted by Crippen LogP contribution is -2.21. The second kappa shape index (κ2) is 7.49. The van der Waals surface area contributed by atoms with Crippen molar-refractivity contribution in [3.8, 4) is 11.8 Å². The van der Waals surface area contributed by atoms with Gasteiger partial charge < -0.3 is 10.1 Å². The van der Waals surface area contributed by atoms with Crippen molar-refractivity contribution in [2.24, 2.45) is 5.92 Å². The average Bonchev–Trinajstić information content (AvgIpc) is 2.52. The number of benzene rings is 1. The molecule has 0 fully saturated rings. The molecule has 1 aromatic heterocycles. The monoisotopic (exact) mass is 303 g/mol. The maximum Gasteiger partial charge on any atom is 0.322 e. The molecule has 2 aromatic rings. The number of anilines is 1. The van der Waals surface area contributed by atoms with E-state index in [4.69, 9.17) is 4.74 Å². The number of para-hydroxylation sites is 1. The van der Waals surface area contributed by atoms with Gasteiger partial charge in [0.25, 0.3) is 0 Å². The van der Waals surface area contributed by atoms with Gasteiger partial charge in [-0.3, -0.25) is 4.79 Å². The SMILES string of the molecule is CCC(CC)C(=O)Nc1cnc(Oc2ccccc2F)nc1. The van der Waals surface area contributed by atoms with Crippen molar-refractivity contribution in [1.29, 1.82) is 0 Å². The minimum absolute atomic E-state index is 0.0191. The number of rotatable bonds is 6. The zero-order valence-electron chi connectivity index (χ0n) is 12.5. The number of hydrogen-bond acceptors (Lipinski definition) is 4. The van der Waals surface area contributed by atoms with Crippen LogP contribution < -0.4 is 10.1 Å². The van der Waals surface area contributed by atoms with E-state index >= 15 is 0 Å². The average molecular weight is 303 g/mol. The predicted octanol–water partition coefficient (Wildman–Crippen LogP) is 3.78. The van der Waals surface area contributed by atoms with Gasteiger partial charge in [-0.1, -0.05) is 26.0 Å². The van der Waals surface area contributed by atoms with Crippen LogP contribution in [0.2, 0.25) is 0 Å². The molecule has 1 heterocycles. The zero-order chi connectivity index (χ0) is 15.9. The Bertz CT molecular complexity index is 628. The lowest BCUT2D eigenvalue weighted by molar-refractivity contribution is -0.120. The molecule has 0 unspecified atom stereocenters. The number of nitrogens with one attached hydrogen (secondary N) is 1. The second-order valence-electron chi connectivity index (χ2n) is 4.79. The van der Waals surface area contributed by atoms with Gasteiger partial charge in [-0.25, -0.2) is 14.4 Å². The van der Waals surface area contributed by atoms with E-state index in [0.29, 0.717) is 5.69 Å². The van der Waals surface area contributed by atoms with Gasteiger partial charge in [0.2, 0.25) is 5.91 Å². The Morgan fingerprint density at radius 2 is 1.86 bits per heavy atom. The van der Waals surface area contributed by atoms with Gasteiger partial charge in [0, 0.05) is 5.92 Å². The fourth-order valence-corrected chi connectivity index (χ4v) is 1.96. The Balaban J connectivity index is 2.02. The highest BCUT2D eigenvalue weighted by atomic mass is 19.1. The molecule has 0 saturated heterocycles.